The zero-order valence-electron chi connectivity index (χ0n) is 10.2. The number of aliphatic hydroxyl groups excluding tert-OH is 1. The predicted octanol–water partition coefficient (Wildman–Crippen LogP) is 0.0358. The average Bonchev–Trinajstić information content (AvgIpc) is 2.24. The summed E-state index contributed by atoms with van der Waals surface area (Å²) in [6.45, 7) is 6.27. The highest BCUT2D eigenvalue weighted by Gasteiger charge is 2.16. The van der Waals surface area contributed by atoms with Gasteiger partial charge in [0.1, 0.15) is 0 Å². The molecule has 0 aromatic rings. The number of aliphatic hydroxyl groups is 1. The molecule has 94 valence electrons. The Morgan fingerprint density at radius 1 is 1.25 bits per heavy atom. The number of hydrogen-bond donors (Lipinski definition) is 3. The van der Waals surface area contributed by atoms with Crippen molar-refractivity contribution >= 4 is 11.8 Å². The first kappa shape index (κ1) is 14.9. The summed E-state index contributed by atoms with van der Waals surface area (Å²) in [5, 5.41) is 13.8. The van der Waals surface area contributed by atoms with Crippen molar-refractivity contribution in [1.29, 1.82) is 0 Å². The zero-order chi connectivity index (χ0) is 12.6. The molecule has 0 bridgehead atoms. The largest absolute Gasteiger partial charge is 0.394 e. The van der Waals surface area contributed by atoms with Gasteiger partial charge in [-0.25, -0.2) is 0 Å². The van der Waals surface area contributed by atoms with Gasteiger partial charge in [-0.05, 0) is 18.8 Å². The fourth-order valence-electron chi connectivity index (χ4n) is 1.08. The van der Waals surface area contributed by atoms with E-state index in [9.17, 15) is 9.59 Å². The molecule has 0 aliphatic heterocycles. The number of carbonyl (C=O) groups is 2. The summed E-state index contributed by atoms with van der Waals surface area (Å²) in [6, 6.07) is -0.344. The lowest BCUT2D eigenvalue weighted by Crippen LogP contribution is -2.46. The second kappa shape index (κ2) is 8.10. The topological polar surface area (TPSA) is 78.4 Å². The van der Waals surface area contributed by atoms with Gasteiger partial charge >= 0.3 is 11.8 Å². The maximum absolute atomic E-state index is 11.3. The van der Waals surface area contributed by atoms with Crippen LogP contribution in [0.4, 0.5) is 0 Å². The monoisotopic (exact) mass is 230 g/mol. The van der Waals surface area contributed by atoms with Crippen LogP contribution in [0.2, 0.25) is 0 Å². The molecule has 0 spiro atoms. The molecule has 0 aromatic heterocycles. The minimum Gasteiger partial charge on any atom is -0.394 e. The summed E-state index contributed by atoms with van der Waals surface area (Å²) in [4.78, 5) is 22.6. The summed E-state index contributed by atoms with van der Waals surface area (Å²) in [7, 11) is 0. The Bertz CT molecular complexity index is 225. The van der Waals surface area contributed by atoms with Gasteiger partial charge in [0.25, 0.3) is 0 Å². The lowest BCUT2D eigenvalue weighted by molar-refractivity contribution is -0.139. The summed E-state index contributed by atoms with van der Waals surface area (Å²) in [5.41, 5.74) is 0. The summed E-state index contributed by atoms with van der Waals surface area (Å²) in [6.07, 6.45) is 1.44. The van der Waals surface area contributed by atoms with Crippen molar-refractivity contribution in [3.63, 3.8) is 0 Å². The Hall–Kier alpha value is -1.10. The van der Waals surface area contributed by atoms with E-state index in [1.54, 1.807) is 0 Å². The second-order valence-electron chi connectivity index (χ2n) is 4.20. The van der Waals surface area contributed by atoms with Gasteiger partial charge in [-0.1, -0.05) is 20.8 Å². The van der Waals surface area contributed by atoms with Gasteiger partial charge in [-0.3, -0.25) is 9.59 Å². The van der Waals surface area contributed by atoms with Crippen LogP contribution in [-0.2, 0) is 9.59 Å². The van der Waals surface area contributed by atoms with Crippen molar-refractivity contribution < 1.29 is 14.7 Å². The van der Waals surface area contributed by atoms with Crippen molar-refractivity contribution in [3.8, 4) is 0 Å². The van der Waals surface area contributed by atoms with Crippen molar-refractivity contribution in [3.05, 3.63) is 0 Å². The van der Waals surface area contributed by atoms with Gasteiger partial charge in [0, 0.05) is 6.54 Å². The quantitative estimate of drug-likeness (QED) is 0.564. The molecule has 5 heteroatoms. The third kappa shape index (κ3) is 6.40. The molecule has 5 nitrogen and oxygen atoms in total. The summed E-state index contributed by atoms with van der Waals surface area (Å²) >= 11 is 0. The van der Waals surface area contributed by atoms with Gasteiger partial charge < -0.3 is 15.7 Å². The molecule has 0 heterocycles. The Balaban J connectivity index is 3.85. The molecule has 2 amide bonds. The van der Waals surface area contributed by atoms with Crippen molar-refractivity contribution in [2.75, 3.05) is 13.2 Å². The molecule has 0 fully saturated rings. The molecule has 1 atom stereocenters. The van der Waals surface area contributed by atoms with Crippen LogP contribution >= 0.6 is 0 Å². The Labute approximate surface area is 96.6 Å². The van der Waals surface area contributed by atoms with Crippen LogP contribution in [0, 0.1) is 5.92 Å². The van der Waals surface area contributed by atoms with Crippen molar-refractivity contribution in [2.24, 2.45) is 5.92 Å². The van der Waals surface area contributed by atoms with E-state index in [2.05, 4.69) is 10.6 Å². The molecule has 0 aliphatic carbocycles. The van der Waals surface area contributed by atoms with E-state index in [4.69, 9.17) is 5.11 Å². The van der Waals surface area contributed by atoms with Crippen LogP contribution in [0.3, 0.4) is 0 Å². The third-order valence-electron chi connectivity index (χ3n) is 2.26. The summed E-state index contributed by atoms with van der Waals surface area (Å²) in [5.74, 6) is -0.818. The molecule has 0 unspecified atom stereocenters. The van der Waals surface area contributed by atoms with E-state index < -0.39 is 11.8 Å². The van der Waals surface area contributed by atoms with E-state index in [0.29, 0.717) is 18.9 Å². The molecule has 0 radical (unpaired) electrons. The van der Waals surface area contributed by atoms with Gasteiger partial charge in [-0.15, -0.1) is 0 Å². The van der Waals surface area contributed by atoms with Crippen LogP contribution in [0.15, 0.2) is 0 Å². The minimum absolute atomic E-state index is 0.151. The Morgan fingerprint density at radius 2 is 1.88 bits per heavy atom. The Morgan fingerprint density at radius 3 is 2.31 bits per heavy atom. The van der Waals surface area contributed by atoms with Gasteiger partial charge in [0.15, 0.2) is 0 Å². The molecular weight excluding hydrogens is 208 g/mol. The first-order valence-corrected chi connectivity index (χ1v) is 5.70. The highest BCUT2D eigenvalue weighted by Crippen LogP contribution is 1.96. The van der Waals surface area contributed by atoms with Gasteiger partial charge in [-0.2, -0.15) is 0 Å². The van der Waals surface area contributed by atoms with E-state index in [-0.39, 0.29) is 12.6 Å². The number of carbonyl (C=O) groups excluding carboxylic acids is 2. The SMILES string of the molecule is CC[C@H](CO)NC(=O)C(=O)NCCC(C)C. The summed E-state index contributed by atoms with van der Waals surface area (Å²) < 4.78 is 0. The van der Waals surface area contributed by atoms with Crippen LogP contribution in [-0.4, -0.2) is 36.1 Å². The van der Waals surface area contributed by atoms with Gasteiger partial charge in [0.2, 0.25) is 0 Å². The van der Waals surface area contributed by atoms with Crippen molar-refractivity contribution in [1.82, 2.24) is 10.6 Å². The lowest BCUT2D eigenvalue weighted by Gasteiger charge is -2.13. The predicted molar refractivity (Wildman–Crippen MR) is 61.8 cm³/mol. The number of hydrogen-bond acceptors (Lipinski definition) is 3. The maximum atomic E-state index is 11.3. The average molecular weight is 230 g/mol. The molecule has 0 aromatic carbocycles. The van der Waals surface area contributed by atoms with E-state index in [0.717, 1.165) is 6.42 Å². The molecule has 3 N–H and O–H groups in total. The van der Waals surface area contributed by atoms with Crippen LogP contribution in [0.1, 0.15) is 33.6 Å². The molecule has 0 saturated carbocycles. The lowest BCUT2D eigenvalue weighted by atomic mass is 10.1. The fourth-order valence-corrected chi connectivity index (χ4v) is 1.08. The Kier molecular flexibility index (Phi) is 7.54. The first-order valence-electron chi connectivity index (χ1n) is 5.70. The normalized spacial score (nSPS) is 12.3. The van der Waals surface area contributed by atoms with E-state index in [1.165, 1.54) is 0 Å². The molecule has 0 saturated heterocycles. The number of amides is 2. The number of rotatable bonds is 6. The zero-order valence-corrected chi connectivity index (χ0v) is 10.2. The molecular formula is C11H22N2O3. The molecule has 0 aliphatic rings. The minimum atomic E-state index is -0.676. The standard InChI is InChI=1S/C11H22N2O3/c1-4-9(7-14)13-11(16)10(15)12-6-5-8(2)3/h8-9,14H,4-7H2,1-3H3,(H,12,15)(H,13,16)/t9-/m1/s1. The van der Waals surface area contributed by atoms with Crippen molar-refractivity contribution in [2.45, 2.75) is 39.7 Å². The molecule has 16 heavy (non-hydrogen) atoms. The molecule has 0 rings (SSSR count). The van der Waals surface area contributed by atoms with E-state index in [1.807, 2.05) is 20.8 Å². The van der Waals surface area contributed by atoms with Crippen LogP contribution in [0.25, 0.3) is 0 Å². The van der Waals surface area contributed by atoms with Gasteiger partial charge in [0.05, 0.1) is 12.6 Å². The second-order valence-corrected chi connectivity index (χ2v) is 4.20. The van der Waals surface area contributed by atoms with E-state index >= 15 is 0 Å². The van der Waals surface area contributed by atoms with Crippen LogP contribution in [0.5, 0.6) is 0 Å². The third-order valence-corrected chi connectivity index (χ3v) is 2.26. The maximum Gasteiger partial charge on any atom is 0.309 e. The highest BCUT2D eigenvalue weighted by molar-refractivity contribution is 6.35. The number of nitrogens with one attached hydrogen (secondary N) is 2. The highest BCUT2D eigenvalue weighted by atomic mass is 16.3. The smallest absolute Gasteiger partial charge is 0.309 e. The first-order chi connectivity index (χ1) is 7.51. The van der Waals surface area contributed by atoms with Crippen LogP contribution < -0.4 is 10.6 Å². The fraction of sp³-hybridized carbons (Fsp3) is 0.818.